The van der Waals surface area contributed by atoms with Gasteiger partial charge in [-0.05, 0) is 43.1 Å². The lowest BCUT2D eigenvalue weighted by molar-refractivity contribution is 0.505. The van der Waals surface area contributed by atoms with Gasteiger partial charge in [-0.3, -0.25) is 0 Å². The minimum Gasteiger partial charge on any atom is -0.348 e. The molecule has 3 heteroatoms. The summed E-state index contributed by atoms with van der Waals surface area (Å²) >= 11 is 0. The highest BCUT2D eigenvalue weighted by Gasteiger charge is 2.22. The number of halogens is 1. The molecular formula is C15H21FN2. The van der Waals surface area contributed by atoms with Gasteiger partial charge in [-0.1, -0.05) is 13.8 Å². The molecule has 0 fully saturated rings. The van der Waals surface area contributed by atoms with Crippen molar-refractivity contribution in [2.24, 2.45) is 18.7 Å². The van der Waals surface area contributed by atoms with Crippen molar-refractivity contribution in [1.29, 1.82) is 0 Å². The lowest BCUT2D eigenvalue weighted by atomic mass is 9.87. The highest BCUT2D eigenvalue weighted by molar-refractivity contribution is 5.86. The fraction of sp³-hybridized carbons (Fsp3) is 0.467. The molecule has 0 bridgehead atoms. The summed E-state index contributed by atoms with van der Waals surface area (Å²) in [5.74, 6) is 0.534. The van der Waals surface area contributed by atoms with Crippen LogP contribution in [0.5, 0.6) is 0 Å². The maximum atomic E-state index is 13.5. The van der Waals surface area contributed by atoms with E-state index in [0.717, 1.165) is 10.9 Å². The molecule has 2 N–H and O–H groups in total. The Kier molecular flexibility index (Phi) is 3.44. The van der Waals surface area contributed by atoms with Crippen LogP contribution >= 0.6 is 0 Å². The highest BCUT2D eigenvalue weighted by atomic mass is 19.1. The number of aromatic nitrogens is 1. The Hall–Kier alpha value is -1.35. The third-order valence-corrected chi connectivity index (χ3v) is 3.93. The average molecular weight is 248 g/mol. The van der Waals surface area contributed by atoms with Crippen molar-refractivity contribution in [3.63, 3.8) is 0 Å². The van der Waals surface area contributed by atoms with Crippen molar-refractivity contribution in [1.82, 2.24) is 4.57 Å². The molecule has 0 amide bonds. The summed E-state index contributed by atoms with van der Waals surface area (Å²) in [6.07, 6.45) is 0. The number of aryl methyl sites for hydroxylation is 1. The van der Waals surface area contributed by atoms with E-state index in [9.17, 15) is 4.39 Å². The molecule has 18 heavy (non-hydrogen) atoms. The van der Waals surface area contributed by atoms with E-state index in [1.54, 1.807) is 6.07 Å². The molecular weight excluding hydrogens is 227 g/mol. The van der Waals surface area contributed by atoms with Crippen LogP contribution in [0.4, 0.5) is 4.39 Å². The van der Waals surface area contributed by atoms with E-state index in [-0.39, 0.29) is 11.7 Å². The van der Waals surface area contributed by atoms with Crippen LogP contribution in [0.3, 0.4) is 0 Å². The number of rotatable bonds is 3. The van der Waals surface area contributed by atoms with E-state index in [1.807, 2.05) is 13.1 Å². The van der Waals surface area contributed by atoms with Gasteiger partial charge in [-0.15, -0.1) is 0 Å². The predicted molar refractivity (Wildman–Crippen MR) is 74.2 cm³/mol. The molecule has 0 spiro atoms. The Bertz CT molecular complexity index is 569. The zero-order valence-electron chi connectivity index (χ0n) is 11.5. The molecule has 0 aliphatic heterocycles. The molecule has 1 heterocycles. The summed E-state index contributed by atoms with van der Waals surface area (Å²) in [5, 5.41) is 0.999. The SMILES string of the molecule is Cc1c(C(CN)C(C)C)c2cc(F)ccc2n1C. The summed E-state index contributed by atoms with van der Waals surface area (Å²) < 4.78 is 15.6. The molecule has 98 valence electrons. The number of benzene rings is 1. The normalized spacial score (nSPS) is 13.5. The Labute approximate surface area is 108 Å². The molecule has 0 aliphatic rings. The Morgan fingerprint density at radius 1 is 1.33 bits per heavy atom. The molecule has 0 saturated carbocycles. The van der Waals surface area contributed by atoms with Crippen LogP contribution in [-0.2, 0) is 7.05 Å². The van der Waals surface area contributed by atoms with E-state index < -0.39 is 0 Å². The largest absolute Gasteiger partial charge is 0.348 e. The zero-order valence-corrected chi connectivity index (χ0v) is 11.5. The third-order valence-electron chi connectivity index (χ3n) is 3.93. The Morgan fingerprint density at radius 3 is 2.56 bits per heavy atom. The van der Waals surface area contributed by atoms with Gasteiger partial charge >= 0.3 is 0 Å². The quantitative estimate of drug-likeness (QED) is 0.887. The second-order valence-electron chi connectivity index (χ2n) is 5.31. The van der Waals surface area contributed by atoms with Crippen LogP contribution in [0, 0.1) is 18.7 Å². The number of fused-ring (bicyclic) bond motifs is 1. The smallest absolute Gasteiger partial charge is 0.123 e. The molecule has 0 saturated heterocycles. The van der Waals surface area contributed by atoms with Crippen molar-refractivity contribution in [2.45, 2.75) is 26.7 Å². The van der Waals surface area contributed by atoms with Gasteiger partial charge in [0.25, 0.3) is 0 Å². The van der Waals surface area contributed by atoms with Gasteiger partial charge in [0.15, 0.2) is 0 Å². The molecule has 2 aromatic rings. The van der Waals surface area contributed by atoms with E-state index in [2.05, 4.69) is 25.3 Å². The molecule has 2 nitrogen and oxygen atoms in total. The fourth-order valence-corrected chi connectivity index (χ4v) is 2.76. The summed E-state index contributed by atoms with van der Waals surface area (Å²) in [6.45, 7) is 7.00. The lowest BCUT2D eigenvalue weighted by Gasteiger charge is -2.20. The molecule has 0 aliphatic carbocycles. The maximum absolute atomic E-state index is 13.5. The van der Waals surface area contributed by atoms with Crippen molar-refractivity contribution in [3.05, 3.63) is 35.3 Å². The van der Waals surface area contributed by atoms with Crippen molar-refractivity contribution >= 4 is 10.9 Å². The second kappa shape index (κ2) is 4.73. The van der Waals surface area contributed by atoms with Gasteiger partial charge in [0.1, 0.15) is 5.82 Å². The fourth-order valence-electron chi connectivity index (χ4n) is 2.76. The topological polar surface area (TPSA) is 30.9 Å². The summed E-state index contributed by atoms with van der Waals surface area (Å²) in [5.41, 5.74) is 9.36. The number of nitrogens with zero attached hydrogens (tertiary/aromatic N) is 1. The van der Waals surface area contributed by atoms with Crippen LogP contribution < -0.4 is 5.73 Å². The lowest BCUT2D eigenvalue weighted by Crippen LogP contribution is -2.18. The van der Waals surface area contributed by atoms with Crippen molar-refractivity contribution in [3.8, 4) is 0 Å². The number of hydrogen-bond acceptors (Lipinski definition) is 1. The van der Waals surface area contributed by atoms with Crippen LogP contribution in [-0.4, -0.2) is 11.1 Å². The van der Waals surface area contributed by atoms with Gasteiger partial charge in [0.2, 0.25) is 0 Å². The van der Waals surface area contributed by atoms with E-state index in [1.165, 1.54) is 17.3 Å². The van der Waals surface area contributed by atoms with Gasteiger partial charge in [0.05, 0.1) is 0 Å². The van der Waals surface area contributed by atoms with Crippen LogP contribution in [0.25, 0.3) is 10.9 Å². The first-order valence-electron chi connectivity index (χ1n) is 6.41. The molecule has 1 aromatic heterocycles. The Balaban J connectivity index is 2.76. The number of hydrogen-bond donors (Lipinski definition) is 1. The van der Waals surface area contributed by atoms with E-state index in [0.29, 0.717) is 12.5 Å². The minimum atomic E-state index is -0.186. The second-order valence-corrected chi connectivity index (χ2v) is 5.31. The first kappa shape index (κ1) is 13.1. The van der Waals surface area contributed by atoms with Gasteiger partial charge in [0, 0.05) is 29.6 Å². The number of nitrogens with two attached hydrogens (primary N) is 1. The van der Waals surface area contributed by atoms with Gasteiger partial charge < -0.3 is 10.3 Å². The van der Waals surface area contributed by atoms with E-state index in [4.69, 9.17) is 5.73 Å². The zero-order chi connectivity index (χ0) is 13.4. The molecule has 0 radical (unpaired) electrons. The van der Waals surface area contributed by atoms with Crippen LogP contribution in [0.2, 0.25) is 0 Å². The molecule has 1 atom stereocenters. The summed E-state index contributed by atoms with van der Waals surface area (Å²) in [4.78, 5) is 0. The predicted octanol–water partition coefficient (Wildman–Crippen LogP) is 3.32. The first-order valence-corrected chi connectivity index (χ1v) is 6.41. The standard InChI is InChI=1S/C15H21FN2/c1-9(2)13(8-17)15-10(3)18(4)14-6-5-11(16)7-12(14)15/h5-7,9,13H,8,17H2,1-4H3. The third kappa shape index (κ3) is 1.93. The van der Waals surface area contributed by atoms with Crippen molar-refractivity contribution < 1.29 is 4.39 Å². The monoisotopic (exact) mass is 248 g/mol. The van der Waals surface area contributed by atoms with Gasteiger partial charge in [-0.2, -0.15) is 0 Å². The summed E-state index contributed by atoms with van der Waals surface area (Å²) in [7, 11) is 2.02. The first-order chi connectivity index (χ1) is 8.47. The molecule has 1 unspecified atom stereocenters. The van der Waals surface area contributed by atoms with Crippen molar-refractivity contribution in [2.75, 3.05) is 6.54 Å². The summed E-state index contributed by atoms with van der Waals surface area (Å²) in [6, 6.07) is 4.98. The average Bonchev–Trinajstić information content (AvgIpc) is 2.54. The molecule has 2 rings (SSSR count). The Morgan fingerprint density at radius 2 is 2.00 bits per heavy atom. The van der Waals surface area contributed by atoms with Crippen LogP contribution in [0.1, 0.15) is 31.0 Å². The minimum absolute atomic E-state index is 0.186. The van der Waals surface area contributed by atoms with Gasteiger partial charge in [-0.25, -0.2) is 4.39 Å². The molecule has 1 aromatic carbocycles. The van der Waals surface area contributed by atoms with Crippen LogP contribution in [0.15, 0.2) is 18.2 Å². The van der Waals surface area contributed by atoms with E-state index >= 15 is 0 Å². The highest BCUT2D eigenvalue weighted by Crippen LogP contribution is 2.34. The maximum Gasteiger partial charge on any atom is 0.123 e.